The number of sulfone groups is 1. The van der Waals surface area contributed by atoms with Gasteiger partial charge in [-0.1, -0.05) is 18.2 Å². The highest BCUT2D eigenvalue weighted by Gasteiger charge is 2.25. The van der Waals surface area contributed by atoms with Crippen LogP contribution in [0.15, 0.2) is 51.6 Å². The predicted molar refractivity (Wildman–Crippen MR) is 95.5 cm³/mol. The molecule has 1 aromatic carbocycles. The number of rotatable bonds is 7. The maximum atomic E-state index is 12.6. The minimum absolute atomic E-state index is 0.134. The maximum Gasteiger partial charge on any atom is 0.241 e. The van der Waals surface area contributed by atoms with Gasteiger partial charge in [-0.15, -0.1) is 11.3 Å². The van der Waals surface area contributed by atoms with Crippen LogP contribution < -0.4 is 4.72 Å². The molecule has 0 aliphatic heterocycles. The van der Waals surface area contributed by atoms with Gasteiger partial charge in [-0.2, -0.15) is 0 Å². The zero-order chi connectivity index (χ0) is 18.0. The minimum atomic E-state index is -3.94. The molecular weight excluding hydrogens is 368 g/mol. The van der Waals surface area contributed by atoms with E-state index in [1.807, 2.05) is 36.5 Å². The molecule has 0 aliphatic rings. The summed E-state index contributed by atoms with van der Waals surface area (Å²) in [5, 5.41) is 1.93. The lowest BCUT2D eigenvalue weighted by atomic mass is 10.2. The lowest BCUT2D eigenvalue weighted by Gasteiger charge is -2.23. The summed E-state index contributed by atoms with van der Waals surface area (Å²) in [6.45, 7) is 0.147. The smallest absolute Gasteiger partial charge is 0.241 e. The van der Waals surface area contributed by atoms with E-state index in [1.54, 1.807) is 11.3 Å². The third-order valence-corrected chi connectivity index (χ3v) is 7.24. The molecule has 0 amide bonds. The summed E-state index contributed by atoms with van der Waals surface area (Å²) >= 11 is 1.54. The van der Waals surface area contributed by atoms with Gasteiger partial charge in [0.25, 0.3) is 0 Å². The number of benzene rings is 1. The van der Waals surface area contributed by atoms with Gasteiger partial charge in [0.2, 0.25) is 10.0 Å². The molecule has 2 rings (SSSR count). The van der Waals surface area contributed by atoms with Gasteiger partial charge in [-0.25, -0.2) is 21.6 Å². The Balaban J connectivity index is 2.30. The average molecular weight is 389 g/mol. The van der Waals surface area contributed by atoms with Crippen LogP contribution in [0.1, 0.15) is 10.9 Å². The molecule has 132 valence electrons. The molecule has 9 heteroatoms. The number of nitrogens with zero attached hydrogens (tertiary/aromatic N) is 1. The first-order valence-corrected chi connectivity index (χ1v) is 11.4. The number of nitrogens with one attached hydrogen (secondary N) is 1. The van der Waals surface area contributed by atoms with E-state index < -0.39 is 19.9 Å². The fraction of sp³-hybridized carbons (Fsp3) is 0.333. The van der Waals surface area contributed by atoms with Crippen molar-refractivity contribution in [1.29, 1.82) is 0 Å². The molecule has 0 aliphatic carbocycles. The fourth-order valence-electron chi connectivity index (χ4n) is 2.26. The highest BCUT2D eigenvalue weighted by atomic mass is 32.2. The quantitative estimate of drug-likeness (QED) is 0.781. The van der Waals surface area contributed by atoms with Crippen LogP contribution in [0.25, 0.3) is 0 Å². The Morgan fingerprint density at radius 2 is 1.67 bits per heavy atom. The van der Waals surface area contributed by atoms with E-state index in [4.69, 9.17) is 0 Å². The van der Waals surface area contributed by atoms with Crippen LogP contribution in [-0.2, 0) is 19.9 Å². The third kappa shape index (κ3) is 4.42. The summed E-state index contributed by atoms with van der Waals surface area (Å²) < 4.78 is 51.4. The summed E-state index contributed by atoms with van der Waals surface area (Å²) in [7, 11) is -3.86. The third-order valence-electron chi connectivity index (χ3n) is 3.50. The van der Waals surface area contributed by atoms with Gasteiger partial charge in [-0.05, 0) is 37.7 Å². The second-order valence-corrected chi connectivity index (χ2v) is 10.3. The van der Waals surface area contributed by atoms with E-state index in [1.165, 1.54) is 24.3 Å². The summed E-state index contributed by atoms with van der Waals surface area (Å²) in [5.41, 5.74) is 0. The molecule has 0 radical (unpaired) electrons. The lowest BCUT2D eigenvalue weighted by molar-refractivity contribution is 0.303. The second kappa shape index (κ2) is 7.32. The summed E-state index contributed by atoms with van der Waals surface area (Å²) in [6.07, 6.45) is 0.996. The molecule has 0 fully saturated rings. The van der Waals surface area contributed by atoms with Crippen LogP contribution in [0.3, 0.4) is 0 Å². The molecule has 24 heavy (non-hydrogen) atoms. The molecule has 0 spiro atoms. The van der Waals surface area contributed by atoms with Crippen molar-refractivity contribution in [3.8, 4) is 0 Å². The number of thiophene rings is 1. The molecule has 1 atom stereocenters. The molecule has 0 saturated carbocycles. The van der Waals surface area contributed by atoms with E-state index in [-0.39, 0.29) is 22.4 Å². The van der Waals surface area contributed by atoms with Crippen molar-refractivity contribution in [2.75, 3.05) is 26.9 Å². The summed E-state index contributed by atoms with van der Waals surface area (Å²) in [5.74, 6) is 0. The van der Waals surface area contributed by atoms with Gasteiger partial charge in [0, 0.05) is 17.7 Å². The molecule has 2 aromatic rings. The molecule has 6 nitrogen and oxygen atoms in total. The molecule has 0 saturated heterocycles. The normalized spacial score (nSPS) is 14.0. The van der Waals surface area contributed by atoms with Gasteiger partial charge in [-0.3, -0.25) is 0 Å². The molecular formula is C15H20N2O4S3. The van der Waals surface area contributed by atoms with Gasteiger partial charge >= 0.3 is 0 Å². The van der Waals surface area contributed by atoms with Gasteiger partial charge in [0.15, 0.2) is 9.84 Å². The van der Waals surface area contributed by atoms with Crippen LogP contribution in [0.5, 0.6) is 0 Å². The Hall–Kier alpha value is -1.26. The van der Waals surface area contributed by atoms with E-state index >= 15 is 0 Å². The van der Waals surface area contributed by atoms with Crippen molar-refractivity contribution in [3.05, 3.63) is 46.7 Å². The van der Waals surface area contributed by atoms with E-state index in [2.05, 4.69) is 4.72 Å². The number of likely N-dealkylation sites (N-methyl/N-ethyl adjacent to an activating group) is 1. The molecule has 1 heterocycles. The number of hydrogen-bond acceptors (Lipinski definition) is 6. The summed E-state index contributed by atoms with van der Waals surface area (Å²) in [4.78, 5) is 2.52. The SMILES string of the molecule is CN(C)C(CNS(=O)(=O)c1ccccc1S(C)(=O)=O)c1cccs1. The lowest BCUT2D eigenvalue weighted by Crippen LogP contribution is -2.34. The average Bonchev–Trinajstić information content (AvgIpc) is 3.00. The molecule has 1 unspecified atom stereocenters. The second-order valence-electron chi connectivity index (χ2n) is 5.57. The Labute approximate surface area is 147 Å². The van der Waals surface area contributed by atoms with E-state index in [0.29, 0.717) is 0 Å². The molecule has 1 aromatic heterocycles. The monoisotopic (exact) mass is 388 g/mol. The number of sulfonamides is 1. The topological polar surface area (TPSA) is 83.6 Å². The Kier molecular flexibility index (Phi) is 5.82. The Morgan fingerprint density at radius 3 is 2.17 bits per heavy atom. The Bertz CT molecular complexity index is 889. The van der Waals surface area contributed by atoms with Crippen molar-refractivity contribution in [2.45, 2.75) is 15.8 Å². The summed E-state index contributed by atoms with van der Waals surface area (Å²) in [6, 6.07) is 9.32. The first-order valence-electron chi connectivity index (χ1n) is 7.11. The Morgan fingerprint density at radius 1 is 1.04 bits per heavy atom. The van der Waals surface area contributed by atoms with E-state index in [0.717, 1.165) is 11.1 Å². The predicted octanol–water partition coefficient (Wildman–Crippen LogP) is 1.73. The van der Waals surface area contributed by atoms with Crippen LogP contribution in [0.4, 0.5) is 0 Å². The minimum Gasteiger partial charge on any atom is -0.300 e. The molecule has 1 N–H and O–H groups in total. The van der Waals surface area contributed by atoms with Crippen molar-refractivity contribution >= 4 is 31.2 Å². The van der Waals surface area contributed by atoms with Crippen LogP contribution in [-0.4, -0.2) is 48.6 Å². The zero-order valence-corrected chi connectivity index (χ0v) is 16.1. The standard InChI is InChI=1S/C15H20N2O4S3/c1-17(2)12(13-7-6-10-22-13)11-16-24(20,21)15-9-5-4-8-14(15)23(3,18)19/h4-10,12,16H,11H2,1-3H3. The van der Waals surface area contributed by atoms with Gasteiger partial charge in [0.1, 0.15) is 4.90 Å². The van der Waals surface area contributed by atoms with Crippen LogP contribution in [0.2, 0.25) is 0 Å². The largest absolute Gasteiger partial charge is 0.300 e. The van der Waals surface area contributed by atoms with Gasteiger partial charge < -0.3 is 4.90 Å². The van der Waals surface area contributed by atoms with Gasteiger partial charge in [0.05, 0.1) is 10.9 Å². The number of hydrogen-bond donors (Lipinski definition) is 1. The zero-order valence-electron chi connectivity index (χ0n) is 13.6. The molecule has 0 bridgehead atoms. The highest BCUT2D eigenvalue weighted by Crippen LogP contribution is 2.24. The van der Waals surface area contributed by atoms with Crippen LogP contribution >= 0.6 is 11.3 Å². The first-order chi connectivity index (χ1) is 11.1. The van der Waals surface area contributed by atoms with E-state index in [9.17, 15) is 16.8 Å². The fourth-order valence-corrected chi connectivity index (χ4v) is 5.85. The van der Waals surface area contributed by atoms with Crippen molar-refractivity contribution < 1.29 is 16.8 Å². The van der Waals surface area contributed by atoms with Crippen molar-refractivity contribution in [3.63, 3.8) is 0 Å². The van der Waals surface area contributed by atoms with Crippen molar-refractivity contribution in [1.82, 2.24) is 9.62 Å². The highest BCUT2D eigenvalue weighted by molar-refractivity contribution is 7.93. The van der Waals surface area contributed by atoms with Crippen LogP contribution in [0, 0.1) is 0 Å². The van der Waals surface area contributed by atoms with Crippen molar-refractivity contribution in [2.24, 2.45) is 0 Å². The maximum absolute atomic E-state index is 12.6. The first kappa shape index (κ1) is 19.1.